The van der Waals surface area contributed by atoms with E-state index < -0.39 is 0 Å². The van der Waals surface area contributed by atoms with Gasteiger partial charge >= 0.3 is 5.97 Å². The number of allylic oxidation sites excluding steroid dienone is 4. The van der Waals surface area contributed by atoms with Crippen molar-refractivity contribution in [3.63, 3.8) is 0 Å². The van der Waals surface area contributed by atoms with Crippen molar-refractivity contribution in [2.24, 2.45) is 17.8 Å². The first-order valence-corrected chi connectivity index (χ1v) is 12.3. The van der Waals surface area contributed by atoms with Crippen molar-refractivity contribution in [1.29, 1.82) is 0 Å². The van der Waals surface area contributed by atoms with Crippen molar-refractivity contribution in [3.05, 3.63) is 35.5 Å². The van der Waals surface area contributed by atoms with Crippen molar-refractivity contribution >= 4 is 56.9 Å². The van der Waals surface area contributed by atoms with Crippen LogP contribution in [0.15, 0.2) is 35.5 Å². The standard InChI is InChI=1S/C22H26I2O4/c1-2-3-20(27)28-18-6-5-17-16(18)4-7-19-21(23)9-8-15(26)11-13(21)10-14(12-25)22(17,19)24/h2-4,11,14,17-19,25H,5-10,12H2,1H3/b3-2-. The normalized spacial score (nSPS) is 42.4. The molecule has 0 aromatic carbocycles. The Morgan fingerprint density at radius 3 is 2.89 bits per heavy atom. The molecule has 6 atom stereocenters. The molecule has 2 saturated carbocycles. The smallest absolute Gasteiger partial charge is 0.331 e. The second kappa shape index (κ2) is 7.80. The van der Waals surface area contributed by atoms with Gasteiger partial charge in [0.1, 0.15) is 6.10 Å². The average Bonchev–Trinajstić information content (AvgIpc) is 3.06. The minimum atomic E-state index is -0.276. The molecule has 4 aliphatic carbocycles. The highest BCUT2D eigenvalue weighted by molar-refractivity contribution is 14.1. The van der Waals surface area contributed by atoms with Crippen LogP contribution in [-0.4, -0.2) is 36.4 Å². The van der Waals surface area contributed by atoms with Gasteiger partial charge in [-0.3, -0.25) is 4.79 Å². The Labute approximate surface area is 193 Å². The van der Waals surface area contributed by atoms with Crippen LogP contribution in [-0.2, 0) is 14.3 Å². The monoisotopic (exact) mass is 608 g/mol. The Hall–Kier alpha value is -0.220. The number of alkyl halides is 2. The van der Waals surface area contributed by atoms with Crippen LogP contribution in [0.2, 0.25) is 0 Å². The Balaban J connectivity index is 1.71. The van der Waals surface area contributed by atoms with E-state index in [1.807, 2.05) is 13.0 Å². The summed E-state index contributed by atoms with van der Waals surface area (Å²) >= 11 is 5.25. The number of rotatable bonds is 3. The Bertz CT molecular complexity index is 785. The molecule has 0 aliphatic heterocycles. The molecule has 6 unspecified atom stereocenters. The number of hydrogen-bond acceptors (Lipinski definition) is 4. The lowest BCUT2D eigenvalue weighted by Crippen LogP contribution is -2.61. The number of aliphatic hydroxyl groups is 1. The van der Waals surface area contributed by atoms with E-state index >= 15 is 0 Å². The Morgan fingerprint density at radius 1 is 1.39 bits per heavy atom. The fourth-order valence-electron chi connectivity index (χ4n) is 5.96. The Kier molecular flexibility index (Phi) is 5.86. The molecular formula is C22H26I2O4. The van der Waals surface area contributed by atoms with Crippen molar-refractivity contribution in [2.75, 3.05) is 6.61 Å². The molecule has 1 N–H and O–H groups in total. The zero-order valence-electron chi connectivity index (χ0n) is 16.0. The molecule has 2 fully saturated rings. The maximum Gasteiger partial charge on any atom is 0.331 e. The summed E-state index contributed by atoms with van der Waals surface area (Å²) in [7, 11) is 0. The molecule has 6 heteroatoms. The third-order valence-corrected chi connectivity index (χ3v) is 11.5. The van der Waals surface area contributed by atoms with Gasteiger partial charge in [0, 0.05) is 31.9 Å². The summed E-state index contributed by atoms with van der Waals surface area (Å²) in [5.74, 6) is 0.770. The molecule has 0 aromatic rings. The lowest BCUT2D eigenvalue weighted by atomic mass is 9.54. The number of fused-ring (bicyclic) bond motifs is 5. The maximum absolute atomic E-state index is 12.1. The van der Waals surface area contributed by atoms with Gasteiger partial charge in [0.05, 0.1) is 0 Å². The molecule has 0 bridgehead atoms. The molecule has 4 rings (SSSR count). The quantitative estimate of drug-likeness (QED) is 0.169. The predicted molar refractivity (Wildman–Crippen MR) is 125 cm³/mol. The van der Waals surface area contributed by atoms with Crippen LogP contribution < -0.4 is 0 Å². The lowest BCUT2D eigenvalue weighted by molar-refractivity contribution is -0.141. The van der Waals surface area contributed by atoms with E-state index in [0.29, 0.717) is 18.3 Å². The molecular weight excluding hydrogens is 582 g/mol. The molecule has 0 heterocycles. The van der Waals surface area contributed by atoms with Gasteiger partial charge in [0.2, 0.25) is 0 Å². The van der Waals surface area contributed by atoms with Gasteiger partial charge in [0.25, 0.3) is 0 Å². The third kappa shape index (κ3) is 3.16. The SMILES string of the molecule is C/C=C\C(=O)OC1CCC2C1=CCC1C3(I)CCC(=O)C=C3CC(CO)C21I. The summed E-state index contributed by atoms with van der Waals surface area (Å²) in [6, 6.07) is 0. The fourth-order valence-corrected chi connectivity index (χ4v) is 9.84. The zero-order chi connectivity index (χ0) is 20.1. The molecule has 0 saturated heterocycles. The fraction of sp³-hybridized carbons (Fsp3) is 0.636. The molecule has 28 heavy (non-hydrogen) atoms. The molecule has 4 aliphatic rings. The molecule has 152 valence electrons. The summed E-state index contributed by atoms with van der Waals surface area (Å²) in [5, 5.41) is 10.3. The average molecular weight is 608 g/mol. The van der Waals surface area contributed by atoms with Gasteiger partial charge in [-0.1, -0.05) is 62.9 Å². The van der Waals surface area contributed by atoms with Crippen LogP contribution in [0, 0.1) is 17.8 Å². The largest absolute Gasteiger partial charge is 0.455 e. The van der Waals surface area contributed by atoms with E-state index in [1.165, 1.54) is 17.2 Å². The van der Waals surface area contributed by atoms with E-state index in [-0.39, 0.29) is 37.2 Å². The maximum atomic E-state index is 12.1. The van der Waals surface area contributed by atoms with Crippen LogP contribution in [0.1, 0.15) is 45.4 Å². The minimum absolute atomic E-state index is 0.0136. The second-order valence-corrected chi connectivity index (χ2v) is 12.3. The lowest BCUT2D eigenvalue weighted by Gasteiger charge is -2.59. The van der Waals surface area contributed by atoms with E-state index in [1.54, 1.807) is 6.08 Å². The first kappa shape index (κ1) is 21.0. The van der Waals surface area contributed by atoms with Gasteiger partial charge < -0.3 is 9.84 Å². The molecule has 0 spiro atoms. The minimum Gasteiger partial charge on any atom is -0.455 e. The van der Waals surface area contributed by atoms with Crippen LogP contribution in [0.4, 0.5) is 0 Å². The van der Waals surface area contributed by atoms with Gasteiger partial charge in [-0.05, 0) is 62.5 Å². The van der Waals surface area contributed by atoms with Gasteiger partial charge in [-0.2, -0.15) is 0 Å². The highest BCUT2D eigenvalue weighted by Crippen LogP contribution is 2.66. The van der Waals surface area contributed by atoms with E-state index in [9.17, 15) is 14.7 Å². The molecule has 0 radical (unpaired) electrons. The summed E-state index contributed by atoms with van der Waals surface area (Å²) < 4.78 is 5.66. The van der Waals surface area contributed by atoms with Gasteiger partial charge in [-0.25, -0.2) is 4.79 Å². The second-order valence-electron chi connectivity index (χ2n) is 8.46. The van der Waals surface area contributed by atoms with Crippen LogP contribution in [0.3, 0.4) is 0 Å². The van der Waals surface area contributed by atoms with Crippen molar-refractivity contribution < 1.29 is 19.4 Å². The number of halogens is 2. The number of carbonyl (C=O) groups is 2. The van der Waals surface area contributed by atoms with E-state index in [4.69, 9.17) is 4.74 Å². The van der Waals surface area contributed by atoms with Gasteiger partial charge in [-0.15, -0.1) is 0 Å². The first-order chi connectivity index (χ1) is 13.3. The number of esters is 1. The third-order valence-electron chi connectivity index (χ3n) is 7.18. The summed E-state index contributed by atoms with van der Waals surface area (Å²) in [6.07, 6.45) is 12.3. The highest BCUT2D eigenvalue weighted by atomic mass is 127. The highest BCUT2D eigenvalue weighted by Gasteiger charge is 2.64. The number of carbonyl (C=O) groups excluding carboxylic acids is 2. The first-order valence-electron chi connectivity index (χ1n) is 10.1. The van der Waals surface area contributed by atoms with Crippen molar-refractivity contribution in [2.45, 2.75) is 58.4 Å². The molecule has 4 nitrogen and oxygen atoms in total. The predicted octanol–water partition coefficient (Wildman–Crippen LogP) is 4.48. The van der Waals surface area contributed by atoms with Crippen LogP contribution >= 0.6 is 45.2 Å². The Morgan fingerprint density at radius 2 is 2.18 bits per heavy atom. The number of ether oxygens (including phenoxy) is 1. The number of ketones is 1. The van der Waals surface area contributed by atoms with Crippen molar-refractivity contribution in [1.82, 2.24) is 0 Å². The molecule has 0 amide bonds. The van der Waals surface area contributed by atoms with E-state index in [0.717, 1.165) is 32.1 Å². The number of hydrogen-bond donors (Lipinski definition) is 1. The molecule has 0 aromatic heterocycles. The van der Waals surface area contributed by atoms with Crippen LogP contribution in [0.25, 0.3) is 0 Å². The van der Waals surface area contributed by atoms with E-state index in [2.05, 4.69) is 51.3 Å². The van der Waals surface area contributed by atoms with Gasteiger partial charge in [0.15, 0.2) is 5.78 Å². The summed E-state index contributed by atoms with van der Waals surface area (Å²) in [6.45, 7) is 1.95. The number of aliphatic hydroxyl groups excluding tert-OH is 1. The zero-order valence-corrected chi connectivity index (χ0v) is 20.3. The summed E-state index contributed by atoms with van der Waals surface area (Å²) in [5.41, 5.74) is 2.48. The van der Waals surface area contributed by atoms with Crippen LogP contribution in [0.5, 0.6) is 0 Å². The van der Waals surface area contributed by atoms with Crippen molar-refractivity contribution in [3.8, 4) is 0 Å². The summed E-state index contributed by atoms with van der Waals surface area (Å²) in [4.78, 5) is 24.1. The topological polar surface area (TPSA) is 63.6 Å².